The van der Waals surface area contributed by atoms with Crippen LogP contribution >= 0.6 is 0 Å². The molecule has 3 fully saturated rings. The molecule has 0 aliphatic heterocycles. The lowest BCUT2D eigenvalue weighted by atomic mass is 9.46. The molecular formula is C29H48O2. The summed E-state index contributed by atoms with van der Waals surface area (Å²) in [5, 5.41) is 0. The van der Waals surface area contributed by atoms with Gasteiger partial charge in [-0.3, -0.25) is 4.79 Å². The molecule has 0 saturated heterocycles. The molecule has 0 bridgehead atoms. The molecule has 3 saturated carbocycles. The number of carbonyl (C=O) groups excluding carboxylic acids is 1. The second-order valence-corrected chi connectivity index (χ2v) is 12.8. The van der Waals surface area contributed by atoms with Gasteiger partial charge in [0.1, 0.15) is 6.10 Å². The van der Waals surface area contributed by atoms with Crippen LogP contribution in [0.25, 0.3) is 0 Å². The fourth-order valence-corrected chi connectivity index (χ4v) is 8.95. The van der Waals surface area contributed by atoms with E-state index in [-0.39, 0.29) is 12.1 Å². The van der Waals surface area contributed by atoms with Crippen molar-refractivity contribution in [2.75, 3.05) is 0 Å². The highest BCUT2D eigenvalue weighted by atomic mass is 16.5. The third kappa shape index (κ3) is 4.26. The van der Waals surface area contributed by atoms with Gasteiger partial charge in [-0.15, -0.1) is 0 Å². The van der Waals surface area contributed by atoms with Gasteiger partial charge in [0.05, 0.1) is 0 Å². The number of fused-ring (bicyclic) bond motifs is 5. The molecule has 0 N–H and O–H groups in total. The first-order chi connectivity index (χ1) is 14.6. The maximum absolute atomic E-state index is 11.5. The number of carbonyl (C=O) groups is 1. The molecule has 176 valence electrons. The van der Waals surface area contributed by atoms with E-state index < -0.39 is 0 Å². The van der Waals surface area contributed by atoms with Crippen molar-refractivity contribution < 1.29 is 9.53 Å². The first kappa shape index (κ1) is 23.4. The summed E-state index contributed by atoms with van der Waals surface area (Å²) in [6.45, 7) is 14.1. The van der Waals surface area contributed by atoms with Gasteiger partial charge >= 0.3 is 5.97 Å². The van der Waals surface area contributed by atoms with E-state index in [9.17, 15) is 4.79 Å². The number of rotatable bonds is 6. The molecule has 0 radical (unpaired) electrons. The molecule has 0 aromatic rings. The molecule has 0 spiro atoms. The first-order valence-corrected chi connectivity index (χ1v) is 13.5. The lowest BCUT2D eigenvalue weighted by molar-refractivity contribution is -0.153. The van der Waals surface area contributed by atoms with Crippen molar-refractivity contribution in [3.8, 4) is 0 Å². The molecular weight excluding hydrogens is 380 g/mol. The third-order valence-corrected chi connectivity index (χ3v) is 10.6. The fourth-order valence-electron chi connectivity index (χ4n) is 8.95. The molecule has 0 aromatic heterocycles. The summed E-state index contributed by atoms with van der Waals surface area (Å²) in [4.78, 5) is 11.5. The van der Waals surface area contributed by atoms with Crippen LogP contribution in [0.4, 0.5) is 0 Å². The predicted molar refractivity (Wildman–Crippen MR) is 129 cm³/mol. The molecule has 4 rings (SSSR count). The summed E-state index contributed by atoms with van der Waals surface area (Å²) in [7, 11) is 0. The van der Waals surface area contributed by atoms with Gasteiger partial charge in [-0.2, -0.15) is 0 Å². The Balaban J connectivity index is 1.47. The molecule has 4 aliphatic carbocycles. The maximum Gasteiger partial charge on any atom is 0.302 e. The number of esters is 1. The van der Waals surface area contributed by atoms with E-state index in [1.807, 2.05) is 0 Å². The normalized spacial score (nSPS) is 45.0. The largest absolute Gasteiger partial charge is 0.463 e. The van der Waals surface area contributed by atoms with Crippen molar-refractivity contribution in [3.63, 3.8) is 0 Å². The minimum absolute atomic E-state index is 0.112. The Morgan fingerprint density at radius 2 is 1.68 bits per heavy atom. The number of hydrogen-bond acceptors (Lipinski definition) is 2. The minimum atomic E-state index is -0.112. The van der Waals surface area contributed by atoms with Crippen LogP contribution < -0.4 is 0 Å². The van der Waals surface area contributed by atoms with Crippen molar-refractivity contribution in [1.82, 2.24) is 0 Å². The predicted octanol–water partition coefficient (Wildman–Crippen LogP) is 7.82. The van der Waals surface area contributed by atoms with E-state index in [0.717, 1.165) is 48.3 Å². The number of allylic oxidation sites excluding steroid dienone is 2. The van der Waals surface area contributed by atoms with Gasteiger partial charge < -0.3 is 4.74 Å². The highest BCUT2D eigenvalue weighted by Gasteiger charge is 2.59. The van der Waals surface area contributed by atoms with Crippen LogP contribution in [0.1, 0.15) is 106 Å². The summed E-state index contributed by atoms with van der Waals surface area (Å²) in [5.74, 6) is 5.59. The monoisotopic (exact) mass is 428 g/mol. The van der Waals surface area contributed by atoms with Crippen LogP contribution in [0.2, 0.25) is 0 Å². The quantitative estimate of drug-likeness (QED) is 0.318. The SMILES string of the molecule is CC(=O)O[C@@H]1CC[C@]2(C)[C@@H]3CC[C@]4(C)[C@H](CC[C@@H]4[C@H](C)CCCC(C)C)[C@@H]3C=C[C@H]2C1. The summed E-state index contributed by atoms with van der Waals surface area (Å²) < 4.78 is 5.62. The summed E-state index contributed by atoms with van der Waals surface area (Å²) in [6.07, 6.45) is 18.6. The summed E-state index contributed by atoms with van der Waals surface area (Å²) in [5.41, 5.74) is 0.944. The molecule has 0 amide bonds. The van der Waals surface area contributed by atoms with Crippen molar-refractivity contribution in [1.29, 1.82) is 0 Å². The number of ether oxygens (including phenoxy) is 1. The smallest absolute Gasteiger partial charge is 0.302 e. The minimum Gasteiger partial charge on any atom is -0.463 e. The van der Waals surface area contributed by atoms with Crippen LogP contribution in [0.3, 0.4) is 0 Å². The van der Waals surface area contributed by atoms with Gasteiger partial charge in [0.25, 0.3) is 0 Å². The van der Waals surface area contributed by atoms with Gasteiger partial charge in [0, 0.05) is 6.92 Å². The van der Waals surface area contributed by atoms with Crippen LogP contribution in [0, 0.1) is 52.3 Å². The van der Waals surface area contributed by atoms with Crippen molar-refractivity contribution >= 4 is 5.97 Å². The molecule has 9 atom stereocenters. The van der Waals surface area contributed by atoms with Crippen LogP contribution in [-0.4, -0.2) is 12.1 Å². The topological polar surface area (TPSA) is 26.3 Å². The van der Waals surface area contributed by atoms with Gasteiger partial charge in [0.2, 0.25) is 0 Å². The Morgan fingerprint density at radius 1 is 0.968 bits per heavy atom. The van der Waals surface area contributed by atoms with E-state index in [1.54, 1.807) is 6.92 Å². The molecule has 2 nitrogen and oxygen atoms in total. The zero-order chi connectivity index (χ0) is 22.4. The Labute approximate surface area is 192 Å². The van der Waals surface area contributed by atoms with Crippen molar-refractivity contribution in [2.24, 2.45) is 52.3 Å². The standard InChI is InChI=1S/C29H48O2/c1-19(2)8-7-9-20(3)25-12-13-26-24-11-10-22-18-23(31-21(4)30)14-16-28(22,5)27(24)15-17-29(25,26)6/h10-11,19-20,22-27H,7-9,12-18H2,1-6H3/t20-,22+,23-,24+,25-,26-,27-,28+,29+/m1/s1. The molecule has 0 aromatic carbocycles. The van der Waals surface area contributed by atoms with Crippen LogP contribution in [0.15, 0.2) is 12.2 Å². The molecule has 4 aliphatic rings. The van der Waals surface area contributed by atoms with Crippen LogP contribution in [-0.2, 0) is 9.53 Å². The van der Waals surface area contributed by atoms with Gasteiger partial charge in [-0.1, -0.05) is 66.0 Å². The summed E-state index contributed by atoms with van der Waals surface area (Å²) in [6, 6.07) is 0. The zero-order valence-corrected chi connectivity index (χ0v) is 21.2. The van der Waals surface area contributed by atoms with Crippen LogP contribution in [0.5, 0.6) is 0 Å². The molecule has 0 heterocycles. The van der Waals surface area contributed by atoms with Crippen molar-refractivity contribution in [3.05, 3.63) is 12.2 Å². The van der Waals surface area contributed by atoms with Gasteiger partial charge in [-0.25, -0.2) is 0 Å². The lowest BCUT2D eigenvalue weighted by Crippen LogP contribution is -2.52. The average molecular weight is 429 g/mol. The van der Waals surface area contributed by atoms with Gasteiger partial charge in [-0.05, 0) is 97.2 Å². The average Bonchev–Trinajstić information content (AvgIpc) is 3.05. The highest BCUT2D eigenvalue weighted by Crippen LogP contribution is 2.67. The Bertz CT molecular complexity index is 680. The Morgan fingerprint density at radius 3 is 2.39 bits per heavy atom. The first-order valence-electron chi connectivity index (χ1n) is 13.5. The van der Waals surface area contributed by atoms with E-state index >= 15 is 0 Å². The third-order valence-electron chi connectivity index (χ3n) is 10.6. The fraction of sp³-hybridized carbons (Fsp3) is 0.897. The van der Waals surface area contributed by atoms with E-state index in [0.29, 0.717) is 16.7 Å². The van der Waals surface area contributed by atoms with E-state index in [2.05, 4.69) is 46.8 Å². The molecule has 0 unspecified atom stereocenters. The lowest BCUT2D eigenvalue weighted by Gasteiger charge is -2.59. The second-order valence-electron chi connectivity index (χ2n) is 12.8. The number of hydrogen-bond donors (Lipinski definition) is 0. The van der Waals surface area contributed by atoms with Gasteiger partial charge in [0.15, 0.2) is 0 Å². The molecule has 2 heteroatoms. The highest BCUT2D eigenvalue weighted by molar-refractivity contribution is 5.66. The van der Waals surface area contributed by atoms with E-state index in [1.165, 1.54) is 51.4 Å². The molecule has 31 heavy (non-hydrogen) atoms. The second kappa shape index (κ2) is 8.86. The summed E-state index contributed by atoms with van der Waals surface area (Å²) >= 11 is 0. The van der Waals surface area contributed by atoms with Crippen molar-refractivity contribution in [2.45, 2.75) is 112 Å². The zero-order valence-electron chi connectivity index (χ0n) is 21.2. The van der Waals surface area contributed by atoms with E-state index in [4.69, 9.17) is 4.74 Å². The Kier molecular flexibility index (Phi) is 6.68. The maximum atomic E-state index is 11.5. The Hall–Kier alpha value is -0.790.